The molecule has 0 bridgehead atoms. The minimum absolute atomic E-state index is 0.293. The predicted octanol–water partition coefficient (Wildman–Crippen LogP) is 2.29. The number of carbonyl (C=O) groups is 1. The zero-order chi connectivity index (χ0) is 15.6. The Labute approximate surface area is 124 Å². The number of carboxylic acid groups (broad SMARTS) is 1. The third kappa shape index (κ3) is 3.11. The van der Waals surface area contributed by atoms with Crippen molar-refractivity contribution in [1.29, 1.82) is 0 Å². The number of carbonyl (C=O) groups excluding carboxylic acids is 1. The topological polar surface area (TPSA) is 92.5 Å². The molecule has 2 rings (SSSR count). The van der Waals surface area contributed by atoms with Crippen LogP contribution in [-0.4, -0.2) is 18.0 Å². The summed E-state index contributed by atoms with van der Waals surface area (Å²) in [7, 11) is 1.47. The summed E-state index contributed by atoms with van der Waals surface area (Å²) in [5.41, 5.74) is 0.0817. The molecule has 0 aromatic heterocycles. The number of nitrogens with zero attached hydrogens (tertiary/aromatic N) is 1. The van der Waals surface area contributed by atoms with Gasteiger partial charge in [0.25, 0.3) is 5.69 Å². The first kappa shape index (κ1) is 14.8. The van der Waals surface area contributed by atoms with Crippen LogP contribution in [0.25, 0.3) is 11.1 Å². The number of halogens is 1. The second kappa shape index (κ2) is 5.80. The van der Waals surface area contributed by atoms with E-state index in [0.29, 0.717) is 21.9 Å². The summed E-state index contributed by atoms with van der Waals surface area (Å²) in [5.74, 6) is -1.00. The molecule has 0 heterocycles. The average molecular weight is 307 g/mol. The zero-order valence-corrected chi connectivity index (χ0v) is 11.6. The first-order valence-corrected chi connectivity index (χ1v) is 6.15. The number of methoxy groups -OCH3 is 1. The third-order valence-electron chi connectivity index (χ3n) is 2.85. The molecule has 0 unspecified atom stereocenters. The van der Waals surface area contributed by atoms with E-state index in [2.05, 4.69) is 0 Å². The van der Waals surface area contributed by atoms with Gasteiger partial charge in [0, 0.05) is 28.3 Å². The Balaban J connectivity index is 2.68. The van der Waals surface area contributed by atoms with Gasteiger partial charge in [-0.3, -0.25) is 10.1 Å². The van der Waals surface area contributed by atoms with E-state index in [1.54, 1.807) is 18.2 Å². The van der Waals surface area contributed by atoms with Gasteiger partial charge in [-0.2, -0.15) is 0 Å². The largest absolute Gasteiger partial charge is 0.545 e. The van der Waals surface area contributed by atoms with Gasteiger partial charge in [-0.25, -0.2) is 0 Å². The lowest BCUT2D eigenvalue weighted by Gasteiger charge is -2.10. The van der Waals surface area contributed by atoms with Crippen LogP contribution in [0.4, 0.5) is 5.69 Å². The Kier molecular flexibility index (Phi) is 4.09. The number of nitro groups is 1. The molecule has 0 atom stereocenters. The summed E-state index contributed by atoms with van der Waals surface area (Å²) in [6.07, 6.45) is 0. The molecule has 2 aromatic carbocycles. The maximum Gasteiger partial charge on any atom is 0.270 e. The lowest BCUT2D eigenvalue weighted by atomic mass is 10.0. The Morgan fingerprint density at radius 1 is 1.24 bits per heavy atom. The number of non-ortho nitro benzene ring substituents is 1. The van der Waals surface area contributed by atoms with E-state index in [1.165, 1.54) is 19.2 Å². The van der Waals surface area contributed by atoms with Gasteiger partial charge in [-0.1, -0.05) is 11.6 Å². The SMILES string of the molecule is COc1ccc(Cl)c(-c2cc(C(=O)[O-])cc([N+](=O)[O-])c2)c1. The van der Waals surface area contributed by atoms with E-state index in [1.807, 2.05) is 0 Å². The highest BCUT2D eigenvalue weighted by atomic mass is 35.5. The van der Waals surface area contributed by atoms with Crippen LogP contribution in [0.5, 0.6) is 5.75 Å². The maximum atomic E-state index is 11.0. The van der Waals surface area contributed by atoms with E-state index in [9.17, 15) is 20.0 Å². The van der Waals surface area contributed by atoms with Crippen LogP contribution in [-0.2, 0) is 0 Å². The standard InChI is InChI=1S/C14H10ClNO5/c1-21-11-2-3-13(15)12(7-11)8-4-9(14(17)18)6-10(5-8)16(19)20/h2-7H,1H3,(H,17,18)/p-1. The Hall–Kier alpha value is -2.60. The average Bonchev–Trinajstić information content (AvgIpc) is 2.47. The Morgan fingerprint density at radius 2 is 1.95 bits per heavy atom. The lowest BCUT2D eigenvalue weighted by Crippen LogP contribution is -2.22. The zero-order valence-electron chi connectivity index (χ0n) is 10.8. The summed E-state index contributed by atoms with van der Waals surface area (Å²) in [6.45, 7) is 0. The van der Waals surface area contributed by atoms with Crippen LogP contribution >= 0.6 is 11.6 Å². The Morgan fingerprint density at radius 3 is 2.52 bits per heavy atom. The number of benzene rings is 2. The summed E-state index contributed by atoms with van der Waals surface area (Å²) < 4.78 is 5.07. The van der Waals surface area contributed by atoms with E-state index in [4.69, 9.17) is 16.3 Å². The highest BCUT2D eigenvalue weighted by Gasteiger charge is 2.14. The van der Waals surface area contributed by atoms with E-state index in [-0.39, 0.29) is 11.3 Å². The van der Waals surface area contributed by atoms with E-state index in [0.717, 1.165) is 6.07 Å². The molecular formula is C14H9ClNO5-. The molecule has 7 heteroatoms. The van der Waals surface area contributed by atoms with Crippen LogP contribution in [0.15, 0.2) is 36.4 Å². The minimum Gasteiger partial charge on any atom is -0.545 e. The first-order chi connectivity index (χ1) is 9.92. The van der Waals surface area contributed by atoms with Gasteiger partial charge in [-0.15, -0.1) is 0 Å². The molecule has 0 spiro atoms. The molecule has 0 fully saturated rings. The Bertz CT molecular complexity index is 697. The highest BCUT2D eigenvalue weighted by Crippen LogP contribution is 2.34. The molecule has 21 heavy (non-hydrogen) atoms. The fraction of sp³-hybridized carbons (Fsp3) is 0.0714. The van der Waals surface area contributed by atoms with Gasteiger partial charge in [0.05, 0.1) is 18.0 Å². The van der Waals surface area contributed by atoms with Crippen LogP contribution in [0.3, 0.4) is 0 Å². The van der Waals surface area contributed by atoms with Gasteiger partial charge < -0.3 is 14.6 Å². The monoisotopic (exact) mass is 306 g/mol. The minimum atomic E-state index is -1.50. The normalized spacial score (nSPS) is 10.2. The molecule has 0 aliphatic heterocycles. The van der Waals surface area contributed by atoms with Crippen molar-refractivity contribution in [1.82, 2.24) is 0 Å². The van der Waals surface area contributed by atoms with Crippen LogP contribution in [0, 0.1) is 10.1 Å². The molecule has 108 valence electrons. The summed E-state index contributed by atoms with van der Waals surface area (Å²) in [4.78, 5) is 21.2. The molecule has 0 amide bonds. The predicted molar refractivity (Wildman–Crippen MR) is 74.4 cm³/mol. The van der Waals surface area contributed by atoms with Crippen LogP contribution < -0.4 is 9.84 Å². The molecule has 2 aromatic rings. The molecule has 0 N–H and O–H groups in total. The van der Waals surface area contributed by atoms with Crippen molar-refractivity contribution in [2.75, 3.05) is 7.11 Å². The number of ether oxygens (including phenoxy) is 1. The second-order valence-corrected chi connectivity index (χ2v) is 4.57. The lowest BCUT2D eigenvalue weighted by molar-refractivity contribution is -0.384. The van der Waals surface area contributed by atoms with Gasteiger partial charge in [0.2, 0.25) is 0 Å². The van der Waals surface area contributed by atoms with E-state index < -0.39 is 10.9 Å². The van der Waals surface area contributed by atoms with Gasteiger partial charge in [0.1, 0.15) is 5.75 Å². The van der Waals surface area contributed by atoms with Gasteiger partial charge in [0.15, 0.2) is 0 Å². The first-order valence-electron chi connectivity index (χ1n) is 5.77. The van der Waals surface area contributed by atoms with Crippen molar-refractivity contribution >= 4 is 23.3 Å². The number of hydrogen-bond acceptors (Lipinski definition) is 5. The molecule has 0 saturated heterocycles. The smallest absolute Gasteiger partial charge is 0.270 e. The molecular weight excluding hydrogens is 298 g/mol. The van der Waals surface area contributed by atoms with Crippen LogP contribution in [0.1, 0.15) is 10.4 Å². The number of aromatic carboxylic acids is 1. The summed E-state index contributed by atoms with van der Waals surface area (Å²) in [6, 6.07) is 8.21. The molecule has 0 saturated carbocycles. The quantitative estimate of drug-likeness (QED) is 0.638. The van der Waals surface area contributed by atoms with Crippen molar-refractivity contribution < 1.29 is 19.6 Å². The molecule has 6 nitrogen and oxygen atoms in total. The van der Waals surface area contributed by atoms with E-state index >= 15 is 0 Å². The third-order valence-corrected chi connectivity index (χ3v) is 3.18. The summed E-state index contributed by atoms with van der Waals surface area (Å²) in [5, 5.41) is 22.2. The molecule has 0 aliphatic carbocycles. The van der Waals surface area contributed by atoms with Crippen molar-refractivity contribution in [3.05, 3.63) is 57.1 Å². The fourth-order valence-corrected chi connectivity index (χ4v) is 2.07. The van der Waals surface area contributed by atoms with Gasteiger partial charge in [-0.05, 0) is 29.8 Å². The van der Waals surface area contributed by atoms with Crippen molar-refractivity contribution in [3.8, 4) is 16.9 Å². The van der Waals surface area contributed by atoms with Crippen LogP contribution in [0.2, 0.25) is 5.02 Å². The highest BCUT2D eigenvalue weighted by molar-refractivity contribution is 6.33. The number of nitro benzene ring substituents is 1. The molecule has 0 radical (unpaired) electrons. The van der Waals surface area contributed by atoms with Gasteiger partial charge >= 0.3 is 0 Å². The number of carboxylic acids is 1. The fourth-order valence-electron chi connectivity index (χ4n) is 1.84. The second-order valence-electron chi connectivity index (χ2n) is 4.16. The van der Waals surface area contributed by atoms with Crippen molar-refractivity contribution in [2.45, 2.75) is 0 Å². The van der Waals surface area contributed by atoms with Crippen molar-refractivity contribution in [2.24, 2.45) is 0 Å². The maximum absolute atomic E-state index is 11.0. The van der Waals surface area contributed by atoms with Crippen molar-refractivity contribution in [3.63, 3.8) is 0 Å². The molecule has 0 aliphatic rings. The summed E-state index contributed by atoms with van der Waals surface area (Å²) >= 11 is 6.06. The number of hydrogen-bond donors (Lipinski definition) is 0. The number of rotatable bonds is 4.